The van der Waals surface area contributed by atoms with Gasteiger partial charge in [0.05, 0.1) is 16.5 Å². The highest BCUT2D eigenvalue weighted by Crippen LogP contribution is 2.27. The minimum absolute atomic E-state index is 0.202. The topological polar surface area (TPSA) is 75.4 Å². The molecule has 1 aromatic carbocycles. The largest absolute Gasteiger partial charge is 0.459 e. The number of amides is 2. The van der Waals surface area contributed by atoms with Crippen molar-refractivity contribution in [3.05, 3.63) is 48.4 Å². The average molecular weight is 341 g/mol. The fraction of sp³-hybridized carbons (Fsp3) is 0.235. The lowest BCUT2D eigenvalue weighted by atomic mass is 10.2. The molecule has 1 atom stereocenters. The van der Waals surface area contributed by atoms with Gasteiger partial charge in [-0.15, -0.1) is 0 Å². The third kappa shape index (κ3) is 2.67. The summed E-state index contributed by atoms with van der Waals surface area (Å²) in [5, 5.41) is 3.40. The molecule has 0 bridgehead atoms. The van der Waals surface area contributed by atoms with Crippen LogP contribution in [0.5, 0.6) is 0 Å². The Bertz CT molecular complexity index is 855. The van der Waals surface area contributed by atoms with E-state index in [9.17, 15) is 9.59 Å². The predicted molar refractivity (Wildman–Crippen MR) is 91.0 cm³/mol. The molecule has 7 heteroatoms. The standard InChI is InChI=1S/C17H15N3O3S/c21-15(19-17-18-11-5-1-2-8-14(11)24-17)12-6-3-9-20(12)16(22)13-7-4-10-23-13/h1-2,4-5,7-8,10,12H,3,6,9H2,(H,18,19,21). The normalized spacial score (nSPS) is 17.3. The molecule has 1 unspecified atom stereocenters. The van der Waals surface area contributed by atoms with Crippen LogP contribution in [0.25, 0.3) is 10.2 Å². The van der Waals surface area contributed by atoms with Crippen LogP contribution < -0.4 is 5.32 Å². The van der Waals surface area contributed by atoms with Crippen molar-refractivity contribution in [2.75, 3.05) is 11.9 Å². The molecular weight excluding hydrogens is 326 g/mol. The van der Waals surface area contributed by atoms with Crippen LogP contribution in [0.2, 0.25) is 0 Å². The number of benzene rings is 1. The highest BCUT2D eigenvalue weighted by Gasteiger charge is 2.35. The van der Waals surface area contributed by atoms with E-state index in [2.05, 4.69) is 10.3 Å². The smallest absolute Gasteiger partial charge is 0.290 e. The van der Waals surface area contributed by atoms with E-state index in [1.807, 2.05) is 24.3 Å². The van der Waals surface area contributed by atoms with Crippen LogP contribution in [0.1, 0.15) is 23.4 Å². The van der Waals surface area contributed by atoms with Crippen molar-refractivity contribution in [1.29, 1.82) is 0 Å². The number of hydrogen-bond acceptors (Lipinski definition) is 5. The first-order valence-electron chi connectivity index (χ1n) is 7.73. The maximum absolute atomic E-state index is 12.6. The monoisotopic (exact) mass is 341 g/mol. The van der Waals surface area contributed by atoms with E-state index in [1.54, 1.807) is 17.0 Å². The summed E-state index contributed by atoms with van der Waals surface area (Å²) in [5.74, 6) is -0.192. The third-order valence-corrected chi connectivity index (χ3v) is 5.02. The molecule has 0 radical (unpaired) electrons. The maximum Gasteiger partial charge on any atom is 0.290 e. The molecule has 2 amide bonds. The summed E-state index contributed by atoms with van der Waals surface area (Å²) < 4.78 is 6.18. The Morgan fingerprint density at radius 2 is 2.12 bits per heavy atom. The van der Waals surface area contributed by atoms with Gasteiger partial charge in [0.25, 0.3) is 5.91 Å². The maximum atomic E-state index is 12.6. The van der Waals surface area contributed by atoms with E-state index < -0.39 is 6.04 Å². The van der Waals surface area contributed by atoms with E-state index in [0.717, 1.165) is 16.6 Å². The molecule has 0 spiro atoms. The number of nitrogens with one attached hydrogen (secondary N) is 1. The predicted octanol–water partition coefficient (Wildman–Crippen LogP) is 3.13. The molecule has 0 saturated carbocycles. The molecule has 1 aliphatic rings. The Balaban J connectivity index is 1.51. The molecule has 6 nitrogen and oxygen atoms in total. The molecule has 3 heterocycles. The van der Waals surface area contributed by atoms with Crippen molar-refractivity contribution in [1.82, 2.24) is 9.88 Å². The van der Waals surface area contributed by atoms with E-state index in [0.29, 0.717) is 18.1 Å². The van der Waals surface area contributed by atoms with Gasteiger partial charge in [0, 0.05) is 6.54 Å². The van der Waals surface area contributed by atoms with Crippen molar-refractivity contribution in [3.63, 3.8) is 0 Å². The number of aromatic nitrogens is 1. The van der Waals surface area contributed by atoms with Crippen LogP contribution in [-0.4, -0.2) is 34.3 Å². The molecule has 122 valence electrons. The number of nitrogens with zero attached hydrogens (tertiary/aromatic N) is 2. The zero-order valence-corrected chi connectivity index (χ0v) is 13.6. The summed E-state index contributed by atoms with van der Waals surface area (Å²) in [6, 6.07) is 10.5. The summed E-state index contributed by atoms with van der Waals surface area (Å²) in [4.78, 5) is 31.0. The quantitative estimate of drug-likeness (QED) is 0.794. The molecule has 0 aliphatic carbocycles. The minimum atomic E-state index is -0.491. The Kier molecular flexibility index (Phi) is 3.78. The molecule has 1 saturated heterocycles. The van der Waals surface area contributed by atoms with Gasteiger partial charge in [0.2, 0.25) is 5.91 Å². The van der Waals surface area contributed by atoms with Gasteiger partial charge in [-0.2, -0.15) is 0 Å². The van der Waals surface area contributed by atoms with Gasteiger partial charge in [-0.3, -0.25) is 9.59 Å². The Morgan fingerprint density at radius 1 is 1.25 bits per heavy atom. The SMILES string of the molecule is O=C(Nc1nc2ccccc2s1)C1CCCN1C(=O)c1ccco1. The molecule has 1 aliphatic heterocycles. The first kappa shape index (κ1) is 14.9. The first-order chi connectivity index (χ1) is 11.7. The van der Waals surface area contributed by atoms with Crippen LogP contribution >= 0.6 is 11.3 Å². The van der Waals surface area contributed by atoms with Crippen LogP contribution in [0.15, 0.2) is 47.1 Å². The lowest BCUT2D eigenvalue weighted by Crippen LogP contribution is -2.43. The van der Waals surface area contributed by atoms with Crippen LogP contribution in [0.4, 0.5) is 5.13 Å². The zero-order valence-electron chi connectivity index (χ0n) is 12.8. The summed E-state index contributed by atoms with van der Waals surface area (Å²) in [6.45, 7) is 0.553. The molecule has 24 heavy (non-hydrogen) atoms. The number of thiazole rings is 1. The number of furan rings is 1. The number of anilines is 1. The van der Waals surface area contributed by atoms with Crippen molar-refractivity contribution in [3.8, 4) is 0 Å². The van der Waals surface area contributed by atoms with Crippen molar-refractivity contribution in [2.45, 2.75) is 18.9 Å². The highest BCUT2D eigenvalue weighted by atomic mass is 32.1. The number of fused-ring (bicyclic) bond motifs is 1. The Morgan fingerprint density at radius 3 is 2.92 bits per heavy atom. The summed E-state index contributed by atoms with van der Waals surface area (Å²) in [6.07, 6.45) is 2.90. The number of hydrogen-bond donors (Lipinski definition) is 1. The molecule has 1 fully saturated rings. The minimum Gasteiger partial charge on any atom is -0.459 e. The van der Waals surface area contributed by atoms with Crippen LogP contribution in [0.3, 0.4) is 0 Å². The number of carbonyl (C=O) groups excluding carboxylic acids is 2. The van der Waals surface area contributed by atoms with Crippen molar-refractivity contribution < 1.29 is 14.0 Å². The number of carbonyl (C=O) groups is 2. The Hall–Kier alpha value is -2.67. The summed E-state index contributed by atoms with van der Waals surface area (Å²) in [5.41, 5.74) is 0.854. The van der Waals surface area contributed by atoms with Gasteiger partial charge in [-0.05, 0) is 37.1 Å². The third-order valence-electron chi connectivity index (χ3n) is 4.07. The summed E-state index contributed by atoms with van der Waals surface area (Å²) in [7, 11) is 0. The van der Waals surface area contributed by atoms with E-state index in [4.69, 9.17) is 4.42 Å². The van der Waals surface area contributed by atoms with Crippen LogP contribution in [-0.2, 0) is 4.79 Å². The fourth-order valence-corrected chi connectivity index (χ4v) is 3.81. The molecule has 4 rings (SSSR count). The van der Waals surface area contributed by atoms with Gasteiger partial charge in [-0.1, -0.05) is 23.5 Å². The second kappa shape index (κ2) is 6.09. The van der Waals surface area contributed by atoms with Gasteiger partial charge >= 0.3 is 0 Å². The second-order valence-corrected chi connectivity index (χ2v) is 6.64. The molecular formula is C17H15N3O3S. The lowest BCUT2D eigenvalue weighted by molar-refractivity contribution is -0.119. The number of para-hydroxylation sites is 1. The van der Waals surface area contributed by atoms with Gasteiger partial charge in [0.15, 0.2) is 10.9 Å². The van der Waals surface area contributed by atoms with E-state index in [1.165, 1.54) is 17.6 Å². The first-order valence-corrected chi connectivity index (χ1v) is 8.55. The van der Waals surface area contributed by atoms with Gasteiger partial charge in [0.1, 0.15) is 6.04 Å². The molecule has 3 aromatic rings. The number of rotatable bonds is 3. The van der Waals surface area contributed by atoms with Crippen molar-refractivity contribution >= 4 is 38.5 Å². The molecule has 1 N–H and O–H groups in total. The highest BCUT2D eigenvalue weighted by molar-refractivity contribution is 7.22. The average Bonchev–Trinajstić information content (AvgIpc) is 3.32. The summed E-state index contributed by atoms with van der Waals surface area (Å²) >= 11 is 1.43. The van der Waals surface area contributed by atoms with Crippen LogP contribution in [0, 0.1) is 0 Å². The molecule has 2 aromatic heterocycles. The second-order valence-electron chi connectivity index (χ2n) is 5.61. The number of likely N-dealkylation sites (tertiary alicyclic amines) is 1. The van der Waals surface area contributed by atoms with Gasteiger partial charge < -0.3 is 14.6 Å². The lowest BCUT2D eigenvalue weighted by Gasteiger charge is -2.22. The van der Waals surface area contributed by atoms with Crippen molar-refractivity contribution in [2.24, 2.45) is 0 Å². The fourth-order valence-electron chi connectivity index (χ4n) is 2.94. The zero-order chi connectivity index (χ0) is 16.5. The Labute approximate surface area is 142 Å². The van der Waals surface area contributed by atoms with E-state index in [-0.39, 0.29) is 17.6 Å². The van der Waals surface area contributed by atoms with E-state index >= 15 is 0 Å². The van der Waals surface area contributed by atoms with Gasteiger partial charge in [-0.25, -0.2) is 4.98 Å².